The lowest BCUT2D eigenvalue weighted by atomic mass is 9.61. The van der Waals surface area contributed by atoms with Crippen LogP contribution >= 0.6 is 0 Å². The molecule has 2 aromatic carbocycles. The van der Waals surface area contributed by atoms with Crippen LogP contribution in [-0.2, 0) is 26.9 Å². The first-order valence-corrected chi connectivity index (χ1v) is 14.0. The second kappa shape index (κ2) is 12.1. The van der Waals surface area contributed by atoms with E-state index in [1.165, 1.54) is 0 Å². The maximum absolute atomic E-state index is 13.7. The van der Waals surface area contributed by atoms with Gasteiger partial charge in [0.15, 0.2) is 0 Å². The highest BCUT2D eigenvalue weighted by atomic mass is 19.4. The molecular formula is C30H41BF3N3O3. The van der Waals surface area contributed by atoms with E-state index in [4.69, 9.17) is 9.31 Å². The van der Waals surface area contributed by atoms with E-state index in [-0.39, 0.29) is 23.9 Å². The summed E-state index contributed by atoms with van der Waals surface area (Å²) in [7, 11) is 1.03. The molecule has 1 heterocycles. The number of hydrogen-bond acceptors (Lipinski definition) is 5. The number of carbonyl (C=O) groups is 1. The maximum Gasteiger partial charge on any atom is 0.482 e. The van der Waals surface area contributed by atoms with E-state index in [1.807, 2.05) is 48.5 Å². The van der Waals surface area contributed by atoms with Crippen molar-refractivity contribution in [2.75, 3.05) is 18.9 Å². The number of benzene rings is 2. The van der Waals surface area contributed by atoms with Crippen molar-refractivity contribution in [2.45, 2.75) is 83.2 Å². The smallest absolute Gasteiger partial charge is 0.404 e. The van der Waals surface area contributed by atoms with Gasteiger partial charge >= 0.3 is 13.3 Å². The van der Waals surface area contributed by atoms with Gasteiger partial charge in [0, 0.05) is 12.7 Å². The lowest BCUT2D eigenvalue weighted by Crippen LogP contribution is -2.56. The van der Waals surface area contributed by atoms with Crippen LogP contribution in [-0.4, -0.2) is 56.5 Å². The van der Waals surface area contributed by atoms with Crippen molar-refractivity contribution in [1.82, 2.24) is 10.6 Å². The number of anilines is 1. The number of carbonyl (C=O) groups excluding carboxylic acids is 1. The fourth-order valence-corrected chi connectivity index (χ4v) is 6.01. The van der Waals surface area contributed by atoms with Crippen molar-refractivity contribution < 1.29 is 27.3 Å². The molecule has 1 amide bonds. The molecule has 5 atom stereocenters. The van der Waals surface area contributed by atoms with Crippen molar-refractivity contribution in [2.24, 2.45) is 11.3 Å². The molecular weight excluding hydrogens is 518 g/mol. The first-order chi connectivity index (χ1) is 18.8. The van der Waals surface area contributed by atoms with Gasteiger partial charge in [0.25, 0.3) is 0 Å². The number of fused-ring (bicyclic) bond motifs is 1. The van der Waals surface area contributed by atoms with Crippen LogP contribution in [0.4, 0.5) is 18.9 Å². The molecule has 2 aliphatic rings. The maximum atomic E-state index is 13.7. The Kier molecular flexibility index (Phi) is 9.22. The standard InChI is InChI=1S/C30H41BF3N3O3/c1-20-28(2,3)15-14-25-29(20,4)40-31(39-25)26(18-21-10-7-6-8-11-21)37-27(38)24(36-19-30(32,33)34)17-22-12-9-13-23(16-22)35-5/h6-13,16,20,24-26,35-36H,14-15,17-19H2,1-5H3,(H,37,38)/t20-,24+,25+,26-,29-/m0/s1. The third-order valence-electron chi connectivity index (χ3n) is 8.87. The zero-order valence-corrected chi connectivity index (χ0v) is 24.0. The Balaban J connectivity index is 1.58. The number of rotatable bonds is 10. The van der Waals surface area contributed by atoms with Crippen LogP contribution in [0.5, 0.6) is 0 Å². The average Bonchev–Trinajstić information content (AvgIpc) is 3.26. The summed E-state index contributed by atoms with van der Waals surface area (Å²) in [4.78, 5) is 13.7. The lowest BCUT2D eigenvalue weighted by molar-refractivity contribution is -0.132. The predicted molar refractivity (Wildman–Crippen MR) is 152 cm³/mol. The molecule has 4 rings (SSSR count). The second-order valence-corrected chi connectivity index (χ2v) is 12.1. The molecule has 3 N–H and O–H groups in total. The van der Waals surface area contributed by atoms with Gasteiger partial charge in [-0.15, -0.1) is 0 Å². The highest BCUT2D eigenvalue weighted by molar-refractivity contribution is 6.48. The molecule has 0 spiro atoms. The zero-order chi connectivity index (χ0) is 29.1. The lowest BCUT2D eigenvalue weighted by Gasteiger charge is -2.49. The molecule has 1 aliphatic carbocycles. The Morgan fingerprint density at radius 3 is 2.45 bits per heavy atom. The predicted octanol–water partition coefficient (Wildman–Crippen LogP) is 5.18. The van der Waals surface area contributed by atoms with E-state index >= 15 is 0 Å². The summed E-state index contributed by atoms with van der Waals surface area (Å²) in [6.45, 7) is 7.45. The van der Waals surface area contributed by atoms with E-state index in [2.05, 4.69) is 43.6 Å². The van der Waals surface area contributed by atoms with Crippen LogP contribution in [0, 0.1) is 11.3 Å². The molecule has 0 unspecified atom stereocenters. The van der Waals surface area contributed by atoms with E-state index in [0.29, 0.717) is 6.42 Å². The van der Waals surface area contributed by atoms with Gasteiger partial charge in [0.1, 0.15) is 0 Å². The third-order valence-corrected chi connectivity index (χ3v) is 8.87. The first-order valence-electron chi connectivity index (χ1n) is 14.0. The minimum atomic E-state index is -4.46. The zero-order valence-electron chi connectivity index (χ0n) is 24.0. The Morgan fingerprint density at radius 1 is 1.07 bits per heavy atom. The summed E-state index contributed by atoms with van der Waals surface area (Å²) in [6, 6.07) is 15.8. The van der Waals surface area contributed by atoms with Crippen molar-refractivity contribution in [3.05, 3.63) is 65.7 Å². The Labute approximate surface area is 235 Å². The topological polar surface area (TPSA) is 71.6 Å². The first kappa shape index (κ1) is 30.4. The average molecular weight is 559 g/mol. The van der Waals surface area contributed by atoms with Gasteiger partial charge in [0.05, 0.1) is 30.2 Å². The van der Waals surface area contributed by atoms with Gasteiger partial charge in [0.2, 0.25) is 5.91 Å². The summed E-state index contributed by atoms with van der Waals surface area (Å²) in [5.41, 5.74) is 2.05. The quantitative estimate of drug-likeness (QED) is 0.350. The molecule has 2 aromatic rings. The van der Waals surface area contributed by atoms with Gasteiger partial charge in [-0.3, -0.25) is 10.1 Å². The van der Waals surface area contributed by atoms with Crippen molar-refractivity contribution >= 4 is 18.7 Å². The van der Waals surface area contributed by atoms with Crippen molar-refractivity contribution in [1.29, 1.82) is 0 Å². The van der Waals surface area contributed by atoms with Crippen LogP contribution in [0.3, 0.4) is 0 Å². The monoisotopic (exact) mass is 559 g/mol. The fraction of sp³-hybridized carbons (Fsp3) is 0.567. The van der Waals surface area contributed by atoms with E-state index in [1.54, 1.807) is 13.1 Å². The molecule has 0 radical (unpaired) electrons. The van der Waals surface area contributed by atoms with Crippen LogP contribution in [0.2, 0.25) is 0 Å². The molecule has 40 heavy (non-hydrogen) atoms. The number of nitrogens with one attached hydrogen (secondary N) is 3. The van der Waals surface area contributed by atoms with Crippen molar-refractivity contribution in [3.63, 3.8) is 0 Å². The minimum absolute atomic E-state index is 0.0656. The molecule has 1 saturated heterocycles. The van der Waals surface area contributed by atoms with E-state index in [9.17, 15) is 18.0 Å². The molecule has 10 heteroatoms. The van der Waals surface area contributed by atoms with Gasteiger partial charge in [-0.2, -0.15) is 13.2 Å². The molecule has 218 valence electrons. The molecule has 6 nitrogen and oxygen atoms in total. The van der Waals surface area contributed by atoms with Crippen LogP contribution < -0.4 is 16.0 Å². The highest BCUT2D eigenvalue weighted by Crippen LogP contribution is 2.51. The minimum Gasteiger partial charge on any atom is -0.404 e. The number of halogens is 3. The molecule has 2 fully saturated rings. The molecule has 0 bridgehead atoms. The summed E-state index contributed by atoms with van der Waals surface area (Å²) < 4.78 is 52.7. The molecule has 1 saturated carbocycles. The highest BCUT2D eigenvalue weighted by Gasteiger charge is 2.59. The summed E-state index contributed by atoms with van der Waals surface area (Å²) in [5, 5.41) is 8.49. The van der Waals surface area contributed by atoms with Gasteiger partial charge in [-0.05, 0) is 67.2 Å². The van der Waals surface area contributed by atoms with Crippen LogP contribution in [0.1, 0.15) is 51.7 Å². The van der Waals surface area contributed by atoms with Gasteiger partial charge in [-0.25, -0.2) is 0 Å². The fourth-order valence-electron chi connectivity index (χ4n) is 6.01. The van der Waals surface area contributed by atoms with Gasteiger partial charge in [-0.1, -0.05) is 63.2 Å². The van der Waals surface area contributed by atoms with Gasteiger partial charge < -0.3 is 19.9 Å². The summed E-state index contributed by atoms with van der Waals surface area (Å²) in [5.74, 6) is -0.912. The normalized spacial score (nSPS) is 25.6. The summed E-state index contributed by atoms with van der Waals surface area (Å²) in [6.07, 6.45) is -2.24. The Morgan fingerprint density at radius 2 is 1.77 bits per heavy atom. The van der Waals surface area contributed by atoms with E-state index in [0.717, 1.165) is 29.7 Å². The van der Waals surface area contributed by atoms with Crippen LogP contribution in [0.15, 0.2) is 54.6 Å². The Hall–Kier alpha value is -2.56. The van der Waals surface area contributed by atoms with Crippen molar-refractivity contribution in [3.8, 4) is 0 Å². The Bertz CT molecular complexity index is 1150. The largest absolute Gasteiger partial charge is 0.482 e. The number of amides is 1. The third kappa shape index (κ3) is 7.20. The summed E-state index contributed by atoms with van der Waals surface area (Å²) >= 11 is 0. The number of hydrogen-bond donors (Lipinski definition) is 3. The van der Waals surface area contributed by atoms with Crippen LogP contribution in [0.25, 0.3) is 0 Å². The second-order valence-electron chi connectivity index (χ2n) is 12.1. The van der Waals surface area contributed by atoms with E-state index < -0.39 is 43.3 Å². The molecule has 1 aliphatic heterocycles. The number of alkyl halides is 3. The SMILES string of the molecule is CNc1cccc(C[C@@H](NCC(F)(F)F)C(=O)N[C@@H](Cc2ccccc2)B2O[C@@H]3CCC(C)(C)[C@H](C)[C@]3(C)O2)c1. The molecule has 0 aromatic heterocycles.